The Morgan fingerprint density at radius 1 is 1.19 bits per heavy atom. The standard InChI is InChI=1S/C18H15N5O3/c1-23-10-12(9-19-23)15-16-14(7-8-26-16)21-18(22-15)20-13-5-3-11(4-6-13)17(24)25-2/h3-10H,1-2H3,(H,20,21,22). The first kappa shape index (κ1) is 15.8. The minimum absolute atomic E-state index is 0.383. The first-order valence-corrected chi connectivity index (χ1v) is 7.84. The maximum absolute atomic E-state index is 11.5. The van der Waals surface area contributed by atoms with Crippen molar-refractivity contribution in [3.63, 3.8) is 0 Å². The predicted octanol–water partition coefficient (Wildman–Crippen LogP) is 3.15. The maximum Gasteiger partial charge on any atom is 0.337 e. The van der Waals surface area contributed by atoms with Crippen LogP contribution in [0.3, 0.4) is 0 Å². The molecule has 8 heteroatoms. The van der Waals surface area contributed by atoms with Crippen molar-refractivity contribution >= 4 is 28.7 Å². The molecular formula is C18H15N5O3. The van der Waals surface area contributed by atoms with Crippen molar-refractivity contribution < 1.29 is 13.9 Å². The molecule has 0 amide bonds. The normalized spacial score (nSPS) is 10.8. The number of aromatic nitrogens is 4. The van der Waals surface area contributed by atoms with E-state index in [1.807, 2.05) is 13.2 Å². The van der Waals surface area contributed by atoms with Gasteiger partial charge in [0.25, 0.3) is 0 Å². The van der Waals surface area contributed by atoms with E-state index in [1.165, 1.54) is 7.11 Å². The molecule has 0 unspecified atom stereocenters. The summed E-state index contributed by atoms with van der Waals surface area (Å²) in [7, 11) is 3.19. The molecule has 0 fully saturated rings. The number of rotatable bonds is 4. The van der Waals surface area contributed by atoms with E-state index < -0.39 is 0 Å². The number of benzene rings is 1. The first-order chi connectivity index (χ1) is 12.6. The number of methoxy groups -OCH3 is 1. The lowest BCUT2D eigenvalue weighted by atomic mass is 10.2. The Kier molecular flexibility index (Phi) is 3.85. The van der Waals surface area contributed by atoms with Gasteiger partial charge in [-0.1, -0.05) is 0 Å². The van der Waals surface area contributed by atoms with Crippen LogP contribution < -0.4 is 5.32 Å². The largest absolute Gasteiger partial charge is 0.465 e. The zero-order valence-electron chi connectivity index (χ0n) is 14.1. The van der Waals surface area contributed by atoms with Crippen molar-refractivity contribution in [3.8, 4) is 11.3 Å². The number of fused-ring (bicyclic) bond motifs is 1. The topological polar surface area (TPSA) is 95.1 Å². The van der Waals surface area contributed by atoms with Gasteiger partial charge >= 0.3 is 5.97 Å². The van der Waals surface area contributed by atoms with Gasteiger partial charge in [-0.15, -0.1) is 0 Å². The van der Waals surface area contributed by atoms with Gasteiger partial charge in [0.2, 0.25) is 5.95 Å². The highest BCUT2D eigenvalue weighted by Gasteiger charge is 2.14. The molecule has 0 bridgehead atoms. The zero-order chi connectivity index (χ0) is 18.1. The number of furan rings is 1. The molecule has 0 aliphatic rings. The number of hydrogen-bond acceptors (Lipinski definition) is 7. The number of esters is 1. The summed E-state index contributed by atoms with van der Waals surface area (Å²) in [5.41, 5.74) is 4.00. The average Bonchev–Trinajstić information content (AvgIpc) is 3.30. The van der Waals surface area contributed by atoms with Crippen LogP contribution in [-0.2, 0) is 11.8 Å². The van der Waals surface area contributed by atoms with E-state index >= 15 is 0 Å². The Hall–Kier alpha value is -3.68. The van der Waals surface area contributed by atoms with Crippen LogP contribution in [0.1, 0.15) is 10.4 Å². The second kappa shape index (κ2) is 6.32. The number of carbonyl (C=O) groups is 1. The Labute approximate surface area is 148 Å². The third-order valence-electron chi connectivity index (χ3n) is 3.84. The molecule has 0 saturated carbocycles. The van der Waals surface area contributed by atoms with Crippen molar-refractivity contribution in [3.05, 3.63) is 54.6 Å². The zero-order valence-corrected chi connectivity index (χ0v) is 14.1. The average molecular weight is 349 g/mol. The lowest BCUT2D eigenvalue weighted by Crippen LogP contribution is -2.02. The maximum atomic E-state index is 11.5. The minimum atomic E-state index is -0.383. The van der Waals surface area contributed by atoms with Gasteiger partial charge in [-0.25, -0.2) is 14.8 Å². The van der Waals surface area contributed by atoms with Gasteiger partial charge in [0, 0.05) is 30.6 Å². The van der Waals surface area contributed by atoms with Crippen LogP contribution >= 0.6 is 0 Å². The van der Waals surface area contributed by atoms with Crippen LogP contribution in [0, 0.1) is 0 Å². The quantitative estimate of drug-likeness (QED) is 0.565. The van der Waals surface area contributed by atoms with Gasteiger partial charge in [0.1, 0.15) is 11.2 Å². The second-order valence-electron chi connectivity index (χ2n) is 5.63. The van der Waals surface area contributed by atoms with Crippen LogP contribution in [0.5, 0.6) is 0 Å². The molecule has 26 heavy (non-hydrogen) atoms. The summed E-state index contributed by atoms with van der Waals surface area (Å²) in [4.78, 5) is 20.5. The van der Waals surface area contributed by atoms with Crippen molar-refractivity contribution in [1.82, 2.24) is 19.7 Å². The molecule has 0 atom stereocenters. The summed E-state index contributed by atoms with van der Waals surface area (Å²) in [5.74, 6) is 0.0371. The molecule has 130 valence electrons. The second-order valence-corrected chi connectivity index (χ2v) is 5.63. The number of anilines is 2. The van der Waals surface area contributed by atoms with Gasteiger partial charge in [-0.2, -0.15) is 5.10 Å². The fourth-order valence-corrected chi connectivity index (χ4v) is 2.60. The number of nitrogens with zero attached hydrogens (tertiary/aromatic N) is 4. The summed E-state index contributed by atoms with van der Waals surface area (Å²) < 4.78 is 11.9. The van der Waals surface area contributed by atoms with Crippen molar-refractivity contribution in [2.75, 3.05) is 12.4 Å². The van der Waals surface area contributed by atoms with Gasteiger partial charge in [-0.05, 0) is 24.3 Å². The summed E-state index contributed by atoms with van der Waals surface area (Å²) in [6.45, 7) is 0. The summed E-state index contributed by atoms with van der Waals surface area (Å²) in [5, 5.41) is 7.33. The molecule has 4 rings (SSSR count). The Balaban J connectivity index is 1.70. The van der Waals surface area contributed by atoms with E-state index in [1.54, 1.807) is 47.5 Å². The monoisotopic (exact) mass is 349 g/mol. The molecule has 8 nitrogen and oxygen atoms in total. The Bertz CT molecular complexity index is 1080. The smallest absolute Gasteiger partial charge is 0.337 e. The van der Waals surface area contributed by atoms with E-state index in [9.17, 15) is 4.79 Å². The molecule has 3 aromatic heterocycles. The fourth-order valence-electron chi connectivity index (χ4n) is 2.60. The molecule has 1 aromatic carbocycles. The molecule has 0 aliphatic heterocycles. The molecule has 0 radical (unpaired) electrons. The number of aryl methyl sites for hydroxylation is 1. The van der Waals surface area contributed by atoms with Crippen molar-refractivity contribution in [2.24, 2.45) is 7.05 Å². The summed E-state index contributed by atoms with van der Waals surface area (Å²) in [6.07, 6.45) is 5.16. The van der Waals surface area contributed by atoms with E-state index in [0.717, 1.165) is 11.3 Å². The van der Waals surface area contributed by atoms with Crippen LogP contribution in [0.15, 0.2) is 53.4 Å². The Morgan fingerprint density at radius 2 is 2.00 bits per heavy atom. The van der Waals surface area contributed by atoms with E-state index in [0.29, 0.717) is 28.3 Å². The summed E-state index contributed by atoms with van der Waals surface area (Å²) in [6, 6.07) is 8.65. The third kappa shape index (κ3) is 2.88. The molecule has 4 aromatic rings. The van der Waals surface area contributed by atoms with Crippen LogP contribution in [0.25, 0.3) is 22.4 Å². The van der Waals surface area contributed by atoms with Crippen LogP contribution in [-0.4, -0.2) is 32.8 Å². The van der Waals surface area contributed by atoms with Gasteiger partial charge < -0.3 is 14.5 Å². The summed E-state index contributed by atoms with van der Waals surface area (Å²) >= 11 is 0. The molecule has 0 spiro atoms. The van der Waals surface area contributed by atoms with Crippen LogP contribution in [0.2, 0.25) is 0 Å². The third-order valence-corrected chi connectivity index (χ3v) is 3.84. The molecular weight excluding hydrogens is 334 g/mol. The molecule has 3 heterocycles. The lowest BCUT2D eigenvalue weighted by Gasteiger charge is -2.07. The van der Waals surface area contributed by atoms with Crippen LogP contribution in [0.4, 0.5) is 11.6 Å². The van der Waals surface area contributed by atoms with Gasteiger partial charge in [-0.3, -0.25) is 4.68 Å². The molecule has 0 saturated heterocycles. The van der Waals surface area contributed by atoms with Gasteiger partial charge in [0.15, 0.2) is 5.58 Å². The number of nitrogens with one attached hydrogen (secondary N) is 1. The lowest BCUT2D eigenvalue weighted by molar-refractivity contribution is 0.0601. The van der Waals surface area contributed by atoms with Crippen molar-refractivity contribution in [2.45, 2.75) is 0 Å². The highest BCUT2D eigenvalue weighted by Crippen LogP contribution is 2.28. The van der Waals surface area contributed by atoms with Gasteiger partial charge in [0.05, 0.1) is 25.1 Å². The highest BCUT2D eigenvalue weighted by atomic mass is 16.5. The number of ether oxygens (including phenoxy) is 1. The van der Waals surface area contributed by atoms with Crippen molar-refractivity contribution in [1.29, 1.82) is 0 Å². The highest BCUT2D eigenvalue weighted by molar-refractivity contribution is 5.90. The van der Waals surface area contributed by atoms with E-state index in [2.05, 4.69) is 20.4 Å². The molecule has 0 aliphatic carbocycles. The number of hydrogen-bond donors (Lipinski definition) is 1. The first-order valence-electron chi connectivity index (χ1n) is 7.84. The number of carbonyl (C=O) groups excluding carboxylic acids is 1. The fraction of sp³-hybridized carbons (Fsp3) is 0.111. The minimum Gasteiger partial charge on any atom is -0.465 e. The predicted molar refractivity (Wildman–Crippen MR) is 95.1 cm³/mol. The van der Waals surface area contributed by atoms with E-state index in [4.69, 9.17) is 9.15 Å². The molecule has 1 N–H and O–H groups in total. The van der Waals surface area contributed by atoms with E-state index in [-0.39, 0.29) is 5.97 Å². The SMILES string of the molecule is COC(=O)c1ccc(Nc2nc(-c3cnn(C)c3)c3occc3n2)cc1. The Morgan fingerprint density at radius 3 is 2.69 bits per heavy atom.